The number of benzene rings is 1. The van der Waals surface area contributed by atoms with Crippen molar-refractivity contribution in [3.05, 3.63) is 46.6 Å². The first kappa shape index (κ1) is 16.6. The van der Waals surface area contributed by atoms with E-state index in [-0.39, 0.29) is 5.56 Å². The monoisotopic (exact) mass is 377 g/mol. The largest absolute Gasteiger partial charge is 0.383 e. The zero-order chi connectivity index (χ0) is 19.1. The number of H-pyrrole nitrogens is 2. The number of nitrogens with zero attached hydrogens (tertiary/aromatic N) is 6. The van der Waals surface area contributed by atoms with E-state index >= 15 is 0 Å². The van der Waals surface area contributed by atoms with E-state index in [1.54, 1.807) is 0 Å². The second-order valence-electron chi connectivity index (χ2n) is 6.83. The van der Waals surface area contributed by atoms with E-state index in [4.69, 9.17) is 5.73 Å². The molecule has 4 heterocycles. The number of nitrogens with one attached hydrogen (secondary N) is 2. The van der Waals surface area contributed by atoms with Gasteiger partial charge in [-0.1, -0.05) is 12.1 Å². The molecule has 142 valence electrons. The number of piperazine rings is 1. The molecule has 1 fully saturated rings. The molecule has 10 heteroatoms. The molecule has 0 spiro atoms. The van der Waals surface area contributed by atoms with Crippen molar-refractivity contribution in [1.29, 1.82) is 0 Å². The lowest BCUT2D eigenvalue weighted by molar-refractivity contribution is 0.243. The fraction of sp³-hybridized carbons (Fsp3) is 0.278. The van der Waals surface area contributed by atoms with Gasteiger partial charge in [0.15, 0.2) is 5.65 Å². The van der Waals surface area contributed by atoms with E-state index in [0.717, 1.165) is 42.9 Å². The molecule has 4 aromatic rings. The average molecular weight is 377 g/mol. The number of anilines is 2. The SMILES string of the molecule is Nc1nc(CN2CCN(c3nc4[nH]ncc4c(=O)[nH]3)CC2)nc2ccccc12. The Hall–Kier alpha value is -3.53. The molecule has 0 amide bonds. The molecule has 28 heavy (non-hydrogen) atoms. The predicted molar refractivity (Wildman–Crippen MR) is 106 cm³/mol. The summed E-state index contributed by atoms with van der Waals surface area (Å²) in [7, 11) is 0. The first-order chi connectivity index (χ1) is 13.7. The van der Waals surface area contributed by atoms with Crippen LogP contribution in [0.3, 0.4) is 0 Å². The minimum atomic E-state index is -0.184. The molecule has 0 unspecified atom stereocenters. The second kappa shape index (κ2) is 6.57. The molecule has 1 aliphatic heterocycles. The van der Waals surface area contributed by atoms with Crippen LogP contribution in [0.4, 0.5) is 11.8 Å². The highest BCUT2D eigenvalue weighted by Crippen LogP contribution is 2.18. The van der Waals surface area contributed by atoms with Gasteiger partial charge in [-0.15, -0.1) is 0 Å². The van der Waals surface area contributed by atoms with Gasteiger partial charge in [0, 0.05) is 31.6 Å². The zero-order valence-corrected chi connectivity index (χ0v) is 15.1. The highest BCUT2D eigenvalue weighted by atomic mass is 16.1. The van der Waals surface area contributed by atoms with Crippen LogP contribution in [-0.2, 0) is 6.54 Å². The standard InChI is InChI=1S/C18H19N9O/c19-15-11-3-1-2-4-13(11)21-14(22-15)10-26-5-7-27(8-6-26)18-23-16-12(9-20-25-16)17(28)24-18/h1-4,9H,5-8,10H2,(H2,19,21,22)(H2,20,23,24,25,28). The van der Waals surface area contributed by atoms with Gasteiger partial charge in [0.1, 0.15) is 17.0 Å². The Kier molecular flexibility index (Phi) is 3.90. The molecule has 5 rings (SSSR count). The highest BCUT2D eigenvalue weighted by Gasteiger charge is 2.21. The van der Waals surface area contributed by atoms with Gasteiger partial charge in [-0.2, -0.15) is 10.1 Å². The Bertz CT molecular complexity index is 1210. The van der Waals surface area contributed by atoms with E-state index in [9.17, 15) is 4.79 Å². The van der Waals surface area contributed by atoms with Gasteiger partial charge >= 0.3 is 0 Å². The van der Waals surface area contributed by atoms with Gasteiger partial charge in [0.05, 0.1) is 18.3 Å². The highest BCUT2D eigenvalue weighted by molar-refractivity contribution is 5.87. The summed E-state index contributed by atoms with van der Waals surface area (Å²) in [5, 5.41) is 7.97. The van der Waals surface area contributed by atoms with Crippen molar-refractivity contribution in [3.8, 4) is 0 Å². The minimum absolute atomic E-state index is 0.184. The molecule has 1 aliphatic rings. The van der Waals surface area contributed by atoms with Gasteiger partial charge in [-0.3, -0.25) is 19.8 Å². The number of rotatable bonds is 3. The number of hydrogen-bond donors (Lipinski definition) is 3. The third-order valence-electron chi connectivity index (χ3n) is 5.02. The van der Waals surface area contributed by atoms with Crippen molar-refractivity contribution in [1.82, 2.24) is 35.0 Å². The second-order valence-corrected chi connectivity index (χ2v) is 6.83. The summed E-state index contributed by atoms with van der Waals surface area (Å²) in [6.07, 6.45) is 1.48. The summed E-state index contributed by atoms with van der Waals surface area (Å²) < 4.78 is 0. The molecular weight excluding hydrogens is 358 g/mol. The van der Waals surface area contributed by atoms with Crippen LogP contribution in [0.1, 0.15) is 5.82 Å². The van der Waals surface area contributed by atoms with Gasteiger partial charge in [0.25, 0.3) is 5.56 Å². The number of hydrogen-bond acceptors (Lipinski definition) is 8. The first-order valence-corrected chi connectivity index (χ1v) is 9.09. The van der Waals surface area contributed by atoms with Crippen LogP contribution in [0.2, 0.25) is 0 Å². The topological polar surface area (TPSA) is 133 Å². The molecule has 0 radical (unpaired) electrons. The molecule has 3 aromatic heterocycles. The quantitative estimate of drug-likeness (QED) is 0.470. The van der Waals surface area contributed by atoms with Gasteiger partial charge < -0.3 is 10.6 Å². The maximum atomic E-state index is 12.1. The third kappa shape index (κ3) is 2.93. The van der Waals surface area contributed by atoms with Crippen molar-refractivity contribution in [2.24, 2.45) is 0 Å². The normalized spacial score (nSPS) is 15.5. The number of nitrogens with two attached hydrogens (primary N) is 1. The van der Waals surface area contributed by atoms with Crippen LogP contribution in [-0.4, -0.2) is 61.2 Å². The summed E-state index contributed by atoms with van der Waals surface area (Å²) in [4.78, 5) is 32.8. The molecular formula is C18H19N9O. The predicted octanol–water partition coefficient (Wildman–Crippen LogP) is 0.494. The Morgan fingerprint density at radius 1 is 1.04 bits per heavy atom. The van der Waals surface area contributed by atoms with Crippen LogP contribution in [0.5, 0.6) is 0 Å². The molecule has 0 saturated carbocycles. The van der Waals surface area contributed by atoms with E-state index in [0.29, 0.717) is 29.3 Å². The van der Waals surface area contributed by atoms with E-state index in [1.165, 1.54) is 6.20 Å². The van der Waals surface area contributed by atoms with Crippen molar-refractivity contribution in [3.63, 3.8) is 0 Å². The number of nitrogen functional groups attached to an aromatic ring is 1. The Morgan fingerprint density at radius 3 is 2.71 bits per heavy atom. The van der Waals surface area contributed by atoms with Crippen molar-refractivity contribution in [2.75, 3.05) is 36.8 Å². The van der Waals surface area contributed by atoms with Crippen LogP contribution in [0.25, 0.3) is 21.9 Å². The van der Waals surface area contributed by atoms with E-state index in [1.807, 2.05) is 24.3 Å². The maximum Gasteiger partial charge on any atom is 0.263 e. The summed E-state index contributed by atoms with van der Waals surface area (Å²) in [6.45, 7) is 3.73. The van der Waals surface area contributed by atoms with Crippen molar-refractivity contribution < 1.29 is 0 Å². The number of aromatic nitrogens is 6. The minimum Gasteiger partial charge on any atom is -0.383 e. The zero-order valence-electron chi connectivity index (χ0n) is 15.1. The molecule has 0 aliphatic carbocycles. The lowest BCUT2D eigenvalue weighted by Crippen LogP contribution is -2.47. The van der Waals surface area contributed by atoms with Gasteiger partial charge in [-0.05, 0) is 12.1 Å². The van der Waals surface area contributed by atoms with Crippen LogP contribution < -0.4 is 16.2 Å². The smallest absolute Gasteiger partial charge is 0.263 e. The molecule has 0 atom stereocenters. The lowest BCUT2D eigenvalue weighted by atomic mass is 10.2. The van der Waals surface area contributed by atoms with E-state index < -0.39 is 0 Å². The summed E-state index contributed by atoms with van der Waals surface area (Å²) >= 11 is 0. The maximum absolute atomic E-state index is 12.1. The first-order valence-electron chi connectivity index (χ1n) is 9.09. The summed E-state index contributed by atoms with van der Waals surface area (Å²) in [5.41, 5.74) is 7.26. The molecule has 1 aromatic carbocycles. The Labute approximate surface area is 159 Å². The van der Waals surface area contributed by atoms with Gasteiger partial charge in [0.2, 0.25) is 5.95 Å². The number of aromatic amines is 2. The molecule has 1 saturated heterocycles. The summed E-state index contributed by atoms with van der Waals surface area (Å²) in [5.74, 6) is 1.79. The Balaban J connectivity index is 1.30. The van der Waals surface area contributed by atoms with Crippen LogP contribution in [0, 0.1) is 0 Å². The van der Waals surface area contributed by atoms with Crippen LogP contribution >= 0.6 is 0 Å². The molecule has 0 bridgehead atoms. The van der Waals surface area contributed by atoms with Gasteiger partial charge in [-0.25, -0.2) is 9.97 Å². The van der Waals surface area contributed by atoms with Crippen molar-refractivity contribution in [2.45, 2.75) is 6.54 Å². The number of para-hydroxylation sites is 1. The average Bonchev–Trinajstić information content (AvgIpc) is 3.18. The molecule has 4 N–H and O–H groups in total. The Morgan fingerprint density at radius 2 is 1.86 bits per heavy atom. The lowest BCUT2D eigenvalue weighted by Gasteiger charge is -2.34. The number of fused-ring (bicyclic) bond motifs is 2. The molecule has 10 nitrogen and oxygen atoms in total. The fourth-order valence-corrected chi connectivity index (χ4v) is 3.52. The third-order valence-corrected chi connectivity index (χ3v) is 5.02. The fourth-order valence-electron chi connectivity index (χ4n) is 3.52. The van der Waals surface area contributed by atoms with E-state index in [2.05, 4.69) is 39.9 Å². The summed E-state index contributed by atoms with van der Waals surface area (Å²) in [6, 6.07) is 7.75. The van der Waals surface area contributed by atoms with Crippen LogP contribution in [0.15, 0.2) is 35.3 Å². The van der Waals surface area contributed by atoms with Crippen molar-refractivity contribution >= 4 is 33.7 Å².